The first-order chi connectivity index (χ1) is 7.66. The van der Waals surface area contributed by atoms with Crippen molar-refractivity contribution in [1.82, 2.24) is 14.9 Å². The van der Waals surface area contributed by atoms with E-state index in [1.165, 1.54) is 0 Å². The van der Waals surface area contributed by atoms with Crippen LogP contribution in [0.25, 0.3) is 0 Å². The average Bonchev–Trinajstić information content (AvgIpc) is 2.30. The molecule has 0 unspecified atom stereocenters. The number of rotatable bonds is 1. The summed E-state index contributed by atoms with van der Waals surface area (Å²) in [6.45, 7) is 4.68. The summed E-state index contributed by atoms with van der Waals surface area (Å²) in [6, 6.07) is 0. The number of amides is 1. The summed E-state index contributed by atoms with van der Waals surface area (Å²) in [4.78, 5) is 23.6. The van der Waals surface area contributed by atoms with Crippen LogP contribution in [0.2, 0.25) is 0 Å². The zero-order valence-electron chi connectivity index (χ0n) is 9.06. The first kappa shape index (κ1) is 11.3. The van der Waals surface area contributed by atoms with Crippen molar-refractivity contribution in [2.45, 2.75) is 6.92 Å². The monoisotopic (exact) mass is 284 g/mol. The molecule has 0 spiro atoms. The molecule has 6 heteroatoms. The average molecular weight is 285 g/mol. The van der Waals surface area contributed by atoms with Crippen LogP contribution in [0.4, 0.5) is 5.95 Å². The molecule has 0 radical (unpaired) electrons. The Balaban J connectivity index is 1.99. The molecule has 2 heterocycles. The molecule has 0 atom stereocenters. The number of piperazine rings is 1. The second-order valence-electron chi connectivity index (χ2n) is 3.69. The molecule has 1 aromatic rings. The van der Waals surface area contributed by atoms with Crippen molar-refractivity contribution < 1.29 is 4.79 Å². The van der Waals surface area contributed by atoms with Gasteiger partial charge in [-0.1, -0.05) is 0 Å². The van der Waals surface area contributed by atoms with Gasteiger partial charge in [0, 0.05) is 45.5 Å². The second-order valence-corrected chi connectivity index (χ2v) is 4.61. The van der Waals surface area contributed by atoms with Gasteiger partial charge in [0.2, 0.25) is 11.9 Å². The van der Waals surface area contributed by atoms with Crippen molar-refractivity contribution in [3.8, 4) is 0 Å². The fraction of sp³-hybridized carbons (Fsp3) is 0.500. The van der Waals surface area contributed by atoms with Gasteiger partial charge in [-0.3, -0.25) is 4.79 Å². The Morgan fingerprint density at radius 1 is 1.25 bits per heavy atom. The van der Waals surface area contributed by atoms with Gasteiger partial charge in [0.25, 0.3) is 0 Å². The molecule has 16 heavy (non-hydrogen) atoms. The molecule has 86 valence electrons. The van der Waals surface area contributed by atoms with Gasteiger partial charge in [-0.05, 0) is 15.9 Å². The number of nitrogens with zero attached hydrogens (tertiary/aromatic N) is 4. The lowest BCUT2D eigenvalue weighted by molar-refractivity contribution is -0.129. The number of anilines is 1. The molecule has 2 rings (SSSR count). The third-order valence-corrected chi connectivity index (χ3v) is 3.02. The normalized spacial score (nSPS) is 16.4. The molecule has 1 saturated heterocycles. The van der Waals surface area contributed by atoms with Crippen LogP contribution in [-0.4, -0.2) is 47.0 Å². The summed E-state index contributed by atoms with van der Waals surface area (Å²) >= 11 is 3.30. The molecular weight excluding hydrogens is 272 g/mol. The summed E-state index contributed by atoms with van der Waals surface area (Å²) in [6.07, 6.45) is 3.47. The van der Waals surface area contributed by atoms with E-state index in [0.29, 0.717) is 0 Å². The Morgan fingerprint density at radius 2 is 1.81 bits per heavy atom. The molecule has 0 N–H and O–H groups in total. The van der Waals surface area contributed by atoms with Gasteiger partial charge in [0.05, 0.1) is 4.47 Å². The van der Waals surface area contributed by atoms with Gasteiger partial charge in [0.15, 0.2) is 0 Å². The highest BCUT2D eigenvalue weighted by Crippen LogP contribution is 2.13. The molecule has 1 fully saturated rings. The number of carbonyl (C=O) groups is 1. The van der Waals surface area contributed by atoms with E-state index >= 15 is 0 Å². The van der Waals surface area contributed by atoms with E-state index in [2.05, 4.69) is 30.8 Å². The Kier molecular flexibility index (Phi) is 3.38. The van der Waals surface area contributed by atoms with Gasteiger partial charge in [-0.25, -0.2) is 9.97 Å². The number of hydrogen-bond acceptors (Lipinski definition) is 4. The smallest absolute Gasteiger partial charge is 0.225 e. The second kappa shape index (κ2) is 4.78. The number of aromatic nitrogens is 2. The molecule has 1 aliphatic heterocycles. The fourth-order valence-corrected chi connectivity index (χ4v) is 1.89. The molecule has 0 saturated carbocycles. The van der Waals surface area contributed by atoms with Crippen molar-refractivity contribution in [1.29, 1.82) is 0 Å². The van der Waals surface area contributed by atoms with E-state index in [0.717, 1.165) is 36.6 Å². The lowest BCUT2D eigenvalue weighted by atomic mass is 10.3. The van der Waals surface area contributed by atoms with E-state index in [4.69, 9.17) is 0 Å². The van der Waals surface area contributed by atoms with E-state index in [1.807, 2.05) is 4.90 Å². The van der Waals surface area contributed by atoms with Gasteiger partial charge >= 0.3 is 0 Å². The molecule has 0 aliphatic carbocycles. The SMILES string of the molecule is CC(=O)N1CCN(c2ncc(Br)cn2)CC1. The van der Waals surface area contributed by atoms with Crippen LogP contribution in [0.5, 0.6) is 0 Å². The van der Waals surface area contributed by atoms with Gasteiger partial charge in [-0.2, -0.15) is 0 Å². The zero-order valence-corrected chi connectivity index (χ0v) is 10.6. The number of hydrogen-bond donors (Lipinski definition) is 0. The Hall–Kier alpha value is -1.17. The van der Waals surface area contributed by atoms with Crippen molar-refractivity contribution >= 4 is 27.8 Å². The maximum Gasteiger partial charge on any atom is 0.225 e. The summed E-state index contributed by atoms with van der Waals surface area (Å²) in [5, 5.41) is 0. The predicted octanol–water partition coefficient (Wildman–Crippen LogP) is 0.908. The summed E-state index contributed by atoms with van der Waals surface area (Å²) < 4.78 is 0.874. The number of halogens is 1. The molecular formula is C10H13BrN4O. The van der Waals surface area contributed by atoms with Crippen molar-refractivity contribution in [2.75, 3.05) is 31.1 Å². The van der Waals surface area contributed by atoms with Crippen LogP contribution in [-0.2, 0) is 4.79 Å². The minimum absolute atomic E-state index is 0.136. The minimum atomic E-state index is 0.136. The molecule has 5 nitrogen and oxygen atoms in total. The third-order valence-electron chi connectivity index (χ3n) is 2.61. The van der Waals surface area contributed by atoms with Gasteiger partial charge in [0.1, 0.15) is 0 Å². The number of carbonyl (C=O) groups excluding carboxylic acids is 1. The van der Waals surface area contributed by atoms with E-state index < -0.39 is 0 Å². The van der Waals surface area contributed by atoms with Gasteiger partial charge < -0.3 is 9.80 Å². The lowest BCUT2D eigenvalue weighted by Crippen LogP contribution is -2.48. The summed E-state index contributed by atoms with van der Waals surface area (Å²) in [5.41, 5.74) is 0. The van der Waals surface area contributed by atoms with Crippen LogP contribution in [0.3, 0.4) is 0 Å². The maximum atomic E-state index is 11.2. The highest BCUT2D eigenvalue weighted by Gasteiger charge is 2.19. The Morgan fingerprint density at radius 3 is 2.31 bits per heavy atom. The van der Waals surface area contributed by atoms with Crippen molar-refractivity contribution in [2.24, 2.45) is 0 Å². The minimum Gasteiger partial charge on any atom is -0.339 e. The van der Waals surface area contributed by atoms with Crippen molar-refractivity contribution in [3.63, 3.8) is 0 Å². The quantitative estimate of drug-likeness (QED) is 0.769. The largest absolute Gasteiger partial charge is 0.339 e. The topological polar surface area (TPSA) is 49.3 Å². The molecule has 0 aromatic carbocycles. The molecule has 1 aliphatic rings. The fourth-order valence-electron chi connectivity index (χ4n) is 1.69. The van der Waals surface area contributed by atoms with E-state index in [9.17, 15) is 4.79 Å². The van der Waals surface area contributed by atoms with Crippen molar-refractivity contribution in [3.05, 3.63) is 16.9 Å². The zero-order chi connectivity index (χ0) is 11.5. The Labute approximate surface area is 103 Å². The summed E-state index contributed by atoms with van der Waals surface area (Å²) in [7, 11) is 0. The molecule has 1 aromatic heterocycles. The van der Waals surface area contributed by atoms with E-state index in [1.54, 1.807) is 19.3 Å². The van der Waals surface area contributed by atoms with Crippen LogP contribution in [0.1, 0.15) is 6.92 Å². The van der Waals surface area contributed by atoms with E-state index in [-0.39, 0.29) is 5.91 Å². The maximum absolute atomic E-state index is 11.2. The highest BCUT2D eigenvalue weighted by atomic mass is 79.9. The van der Waals surface area contributed by atoms with Crippen LogP contribution in [0.15, 0.2) is 16.9 Å². The first-order valence-corrected chi connectivity index (χ1v) is 5.94. The molecule has 1 amide bonds. The van der Waals surface area contributed by atoms with Crippen LogP contribution >= 0.6 is 15.9 Å². The Bertz CT molecular complexity index is 373. The third kappa shape index (κ3) is 2.49. The predicted molar refractivity (Wildman–Crippen MR) is 64.2 cm³/mol. The van der Waals surface area contributed by atoms with Gasteiger partial charge in [-0.15, -0.1) is 0 Å². The molecule has 0 bridgehead atoms. The summed E-state index contributed by atoms with van der Waals surface area (Å²) in [5.74, 6) is 0.864. The van der Waals surface area contributed by atoms with Crippen LogP contribution < -0.4 is 4.90 Å². The van der Waals surface area contributed by atoms with Crippen LogP contribution in [0, 0.1) is 0 Å². The standard InChI is InChI=1S/C10H13BrN4O/c1-8(16)14-2-4-15(5-3-14)10-12-6-9(11)7-13-10/h6-7H,2-5H2,1H3. The highest BCUT2D eigenvalue weighted by molar-refractivity contribution is 9.10. The first-order valence-electron chi connectivity index (χ1n) is 5.15. The lowest BCUT2D eigenvalue weighted by Gasteiger charge is -2.34.